The number of hydrogen-bond acceptors (Lipinski definition) is 4. The zero-order valence-electron chi connectivity index (χ0n) is 13.1. The highest BCUT2D eigenvalue weighted by Gasteiger charge is 2.22. The fourth-order valence-electron chi connectivity index (χ4n) is 2.77. The van der Waals surface area contributed by atoms with Crippen LogP contribution < -0.4 is 5.73 Å². The largest absolute Gasteiger partial charge is 0.366 e. The van der Waals surface area contributed by atoms with Crippen LogP contribution in [0.15, 0.2) is 54.6 Å². The summed E-state index contributed by atoms with van der Waals surface area (Å²) in [6, 6.07) is 16.3. The number of sulfone groups is 1. The van der Waals surface area contributed by atoms with E-state index in [0.29, 0.717) is 22.2 Å². The van der Waals surface area contributed by atoms with E-state index in [9.17, 15) is 13.2 Å². The number of benzene rings is 2. The van der Waals surface area contributed by atoms with Gasteiger partial charge < -0.3 is 5.73 Å². The van der Waals surface area contributed by atoms with Gasteiger partial charge in [-0.15, -0.1) is 0 Å². The van der Waals surface area contributed by atoms with Crippen molar-refractivity contribution < 1.29 is 13.2 Å². The molecule has 122 valence electrons. The summed E-state index contributed by atoms with van der Waals surface area (Å²) in [6.07, 6.45) is 1.13. The predicted molar refractivity (Wildman–Crippen MR) is 94.2 cm³/mol. The lowest BCUT2D eigenvalue weighted by Crippen LogP contribution is -2.18. The Kier molecular flexibility index (Phi) is 4.07. The van der Waals surface area contributed by atoms with Crippen molar-refractivity contribution in [2.24, 2.45) is 5.73 Å². The molecular formula is C18H16N2O3S. The Balaban J connectivity index is 2.45. The minimum absolute atomic E-state index is 0.213. The van der Waals surface area contributed by atoms with Crippen molar-refractivity contribution in [2.75, 3.05) is 6.26 Å². The van der Waals surface area contributed by atoms with Gasteiger partial charge in [-0.25, -0.2) is 13.4 Å². The molecule has 1 amide bonds. The number of carbonyl (C=O) groups excluding carboxylic acids is 1. The highest BCUT2D eigenvalue weighted by atomic mass is 32.2. The summed E-state index contributed by atoms with van der Waals surface area (Å²) in [4.78, 5) is 16.7. The molecule has 0 spiro atoms. The first-order valence-electron chi connectivity index (χ1n) is 7.31. The smallest absolute Gasteiger partial charge is 0.249 e. The second kappa shape index (κ2) is 6.05. The zero-order chi connectivity index (χ0) is 17.3. The van der Waals surface area contributed by atoms with E-state index in [1.165, 1.54) is 0 Å². The van der Waals surface area contributed by atoms with Gasteiger partial charge in [0.15, 0.2) is 9.84 Å². The normalized spacial score (nSPS) is 11.5. The maximum Gasteiger partial charge on any atom is 0.249 e. The van der Waals surface area contributed by atoms with Crippen LogP contribution >= 0.6 is 0 Å². The van der Waals surface area contributed by atoms with Crippen molar-refractivity contribution >= 4 is 26.6 Å². The van der Waals surface area contributed by atoms with Crippen molar-refractivity contribution in [3.05, 3.63) is 65.7 Å². The highest BCUT2D eigenvalue weighted by molar-refractivity contribution is 7.89. The van der Waals surface area contributed by atoms with Gasteiger partial charge in [0.05, 0.1) is 22.5 Å². The Labute approximate surface area is 140 Å². The van der Waals surface area contributed by atoms with Crippen molar-refractivity contribution in [3.8, 4) is 11.3 Å². The molecule has 2 N–H and O–H groups in total. The molecular weight excluding hydrogens is 324 g/mol. The minimum Gasteiger partial charge on any atom is -0.366 e. The number of pyridine rings is 1. The second-order valence-corrected chi connectivity index (χ2v) is 7.77. The number of amides is 1. The molecule has 0 aliphatic heterocycles. The highest BCUT2D eigenvalue weighted by Crippen LogP contribution is 2.31. The molecule has 0 atom stereocenters. The number of fused-ring (bicyclic) bond motifs is 1. The number of aromatic nitrogens is 1. The van der Waals surface area contributed by atoms with Gasteiger partial charge >= 0.3 is 0 Å². The second-order valence-electron chi connectivity index (χ2n) is 5.63. The van der Waals surface area contributed by atoms with Gasteiger partial charge in [-0.3, -0.25) is 4.79 Å². The van der Waals surface area contributed by atoms with E-state index >= 15 is 0 Å². The summed E-state index contributed by atoms with van der Waals surface area (Å²) in [6.45, 7) is 0. The summed E-state index contributed by atoms with van der Waals surface area (Å²) >= 11 is 0. The van der Waals surface area contributed by atoms with Crippen LogP contribution in [-0.4, -0.2) is 25.6 Å². The van der Waals surface area contributed by atoms with Crippen LogP contribution in [0.25, 0.3) is 22.2 Å². The molecule has 2 aromatic carbocycles. The maximum atomic E-state index is 12.1. The molecule has 0 unspecified atom stereocenters. The Morgan fingerprint density at radius 2 is 1.67 bits per heavy atom. The first-order chi connectivity index (χ1) is 11.4. The molecule has 3 aromatic rings. The number of primary amides is 1. The third-order valence-electron chi connectivity index (χ3n) is 3.69. The molecule has 1 heterocycles. The Hall–Kier alpha value is -2.73. The van der Waals surface area contributed by atoms with E-state index in [1.807, 2.05) is 36.4 Å². The van der Waals surface area contributed by atoms with E-state index in [0.717, 1.165) is 11.8 Å². The Morgan fingerprint density at radius 1 is 1.04 bits per heavy atom. The van der Waals surface area contributed by atoms with Gasteiger partial charge in [0.1, 0.15) is 0 Å². The average Bonchev–Trinajstić information content (AvgIpc) is 2.53. The summed E-state index contributed by atoms with van der Waals surface area (Å²) in [5, 5.41) is 0.559. The number of carbonyl (C=O) groups is 1. The van der Waals surface area contributed by atoms with Crippen LogP contribution in [0.5, 0.6) is 0 Å². The van der Waals surface area contributed by atoms with Crippen LogP contribution in [-0.2, 0) is 15.6 Å². The van der Waals surface area contributed by atoms with Crippen LogP contribution in [0, 0.1) is 0 Å². The predicted octanol–water partition coefficient (Wildman–Crippen LogP) is 2.55. The van der Waals surface area contributed by atoms with Crippen molar-refractivity contribution in [1.82, 2.24) is 4.98 Å². The van der Waals surface area contributed by atoms with Crippen LogP contribution in [0.1, 0.15) is 15.9 Å². The lowest BCUT2D eigenvalue weighted by molar-refractivity contribution is 0.100. The number of nitrogens with two attached hydrogens (primary N) is 1. The van der Waals surface area contributed by atoms with Crippen molar-refractivity contribution in [3.63, 3.8) is 0 Å². The summed E-state index contributed by atoms with van der Waals surface area (Å²) < 4.78 is 23.8. The molecule has 24 heavy (non-hydrogen) atoms. The lowest BCUT2D eigenvalue weighted by Gasteiger charge is -2.15. The third kappa shape index (κ3) is 3.14. The first-order valence-corrected chi connectivity index (χ1v) is 9.37. The summed E-state index contributed by atoms with van der Waals surface area (Å²) in [7, 11) is -3.38. The van der Waals surface area contributed by atoms with Gasteiger partial charge in [0, 0.05) is 22.8 Å². The number of nitrogens with zero attached hydrogens (tertiary/aromatic N) is 1. The zero-order valence-corrected chi connectivity index (χ0v) is 13.9. The third-order valence-corrected chi connectivity index (χ3v) is 4.51. The quantitative estimate of drug-likeness (QED) is 0.790. The molecule has 5 nitrogen and oxygen atoms in total. The maximum absolute atomic E-state index is 12.1. The van der Waals surface area contributed by atoms with E-state index in [-0.39, 0.29) is 11.3 Å². The van der Waals surface area contributed by atoms with Gasteiger partial charge in [-0.2, -0.15) is 0 Å². The fourth-order valence-corrected chi connectivity index (χ4v) is 3.58. The molecule has 0 fully saturated rings. The molecule has 0 radical (unpaired) electrons. The number of hydrogen-bond donors (Lipinski definition) is 1. The van der Waals surface area contributed by atoms with Gasteiger partial charge in [-0.1, -0.05) is 48.5 Å². The van der Waals surface area contributed by atoms with E-state index in [4.69, 9.17) is 5.73 Å². The summed E-state index contributed by atoms with van der Waals surface area (Å²) in [5.41, 5.74) is 7.95. The molecule has 6 heteroatoms. The van der Waals surface area contributed by atoms with E-state index in [2.05, 4.69) is 4.98 Å². The summed E-state index contributed by atoms with van der Waals surface area (Å²) in [5.74, 6) is -0.961. The van der Waals surface area contributed by atoms with Crippen LogP contribution in [0.2, 0.25) is 0 Å². The molecule has 0 saturated carbocycles. The SMILES string of the molecule is CS(=O)(=O)Cc1c(-c2ccccc2)nc2ccccc2c1C(N)=O. The van der Waals surface area contributed by atoms with Crippen molar-refractivity contribution in [1.29, 1.82) is 0 Å². The Morgan fingerprint density at radius 3 is 2.29 bits per heavy atom. The van der Waals surface area contributed by atoms with Gasteiger partial charge in [0.2, 0.25) is 5.91 Å². The molecule has 0 aliphatic rings. The molecule has 0 saturated heterocycles. The molecule has 1 aromatic heterocycles. The van der Waals surface area contributed by atoms with Crippen LogP contribution in [0.3, 0.4) is 0 Å². The molecule has 3 rings (SSSR count). The van der Waals surface area contributed by atoms with Crippen LogP contribution in [0.4, 0.5) is 0 Å². The molecule has 0 bridgehead atoms. The van der Waals surface area contributed by atoms with E-state index < -0.39 is 15.7 Å². The first kappa shape index (κ1) is 16.1. The van der Waals surface area contributed by atoms with Crippen molar-refractivity contribution in [2.45, 2.75) is 5.75 Å². The topological polar surface area (TPSA) is 90.1 Å². The van der Waals surface area contributed by atoms with Gasteiger partial charge in [0.25, 0.3) is 0 Å². The lowest BCUT2D eigenvalue weighted by atomic mass is 9.97. The number of para-hydroxylation sites is 1. The monoisotopic (exact) mass is 340 g/mol. The average molecular weight is 340 g/mol. The standard InChI is InChI=1S/C18H16N2O3S/c1-24(22,23)11-14-16(18(19)21)13-9-5-6-10-15(13)20-17(14)12-7-3-2-4-8-12/h2-10H,11H2,1H3,(H2,19,21). The fraction of sp³-hybridized carbons (Fsp3) is 0.111. The molecule has 0 aliphatic carbocycles. The van der Waals surface area contributed by atoms with E-state index in [1.54, 1.807) is 18.2 Å². The number of rotatable bonds is 4. The Bertz CT molecular complexity index is 1030. The van der Waals surface area contributed by atoms with Gasteiger partial charge in [-0.05, 0) is 6.07 Å². The minimum atomic E-state index is -3.38.